The molecule has 2 N–H and O–H groups in total. The van der Waals surface area contributed by atoms with E-state index in [1.807, 2.05) is 19.1 Å². The molecule has 0 saturated carbocycles. The number of rotatable bonds is 4. The van der Waals surface area contributed by atoms with Crippen molar-refractivity contribution >= 4 is 28.8 Å². The summed E-state index contributed by atoms with van der Waals surface area (Å²) in [6, 6.07) is 6.07. The molecule has 0 aromatic carbocycles. The Morgan fingerprint density at radius 1 is 1.07 bits per heavy atom. The lowest BCUT2D eigenvalue weighted by Gasteiger charge is -2.34. The zero-order valence-corrected chi connectivity index (χ0v) is 17.1. The van der Waals surface area contributed by atoms with Gasteiger partial charge in [-0.2, -0.15) is 0 Å². The number of pyridine rings is 2. The van der Waals surface area contributed by atoms with Crippen LogP contribution in [0.2, 0.25) is 0 Å². The fraction of sp³-hybridized carbons (Fsp3) is 0.571. The fourth-order valence-electron chi connectivity index (χ4n) is 4.13. The van der Waals surface area contributed by atoms with Gasteiger partial charge in [-0.3, -0.25) is 4.90 Å². The van der Waals surface area contributed by atoms with E-state index in [1.165, 1.54) is 24.8 Å². The molecule has 0 spiro atoms. The first-order valence-corrected chi connectivity index (χ1v) is 10.6. The lowest BCUT2D eigenvalue weighted by molar-refractivity contribution is 0.0779. The summed E-state index contributed by atoms with van der Waals surface area (Å²) in [5.74, 6) is 1.49. The number of ether oxygens (including phenoxy) is 1. The Bertz CT molecular complexity index is 860. The van der Waals surface area contributed by atoms with Gasteiger partial charge in [-0.05, 0) is 49.9 Å². The Hall–Kier alpha value is -2.61. The van der Waals surface area contributed by atoms with E-state index in [9.17, 15) is 4.79 Å². The summed E-state index contributed by atoms with van der Waals surface area (Å²) >= 11 is 0. The number of nitrogen functional groups attached to an aromatic ring is 1. The minimum atomic E-state index is -0.214. The molecule has 0 atom stereocenters. The van der Waals surface area contributed by atoms with Gasteiger partial charge in [0.05, 0.1) is 6.61 Å². The van der Waals surface area contributed by atoms with Gasteiger partial charge in [-0.25, -0.2) is 14.8 Å². The average molecular weight is 399 g/mol. The van der Waals surface area contributed by atoms with E-state index in [-0.39, 0.29) is 6.09 Å². The molecule has 4 rings (SSSR count). The van der Waals surface area contributed by atoms with Gasteiger partial charge in [0.1, 0.15) is 11.6 Å². The molecule has 1 amide bonds. The van der Waals surface area contributed by atoms with E-state index < -0.39 is 0 Å². The Balaban J connectivity index is 1.54. The highest BCUT2D eigenvalue weighted by molar-refractivity contribution is 5.82. The number of nitrogens with two attached hydrogens (primary N) is 1. The topological polar surface area (TPSA) is 87.8 Å². The molecule has 8 heteroatoms. The van der Waals surface area contributed by atoms with Crippen LogP contribution >= 0.6 is 0 Å². The molecular weight excluding hydrogens is 368 g/mol. The molecule has 2 aliphatic rings. The number of hydrogen-bond acceptors (Lipinski definition) is 7. The van der Waals surface area contributed by atoms with Crippen LogP contribution in [0.15, 0.2) is 18.2 Å². The largest absolute Gasteiger partial charge is 0.450 e. The predicted molar refractivity (Wildman–Crippen MR) is 114 cm³/mol. The van der Waals surface area contributed by atoms with Gasteiger partial charge in [-0.15, -0.1) is 0 Å². The highest BCUT2D eigenvalue weighted by atomic mass is 16.6. The van der Waals surface area contributed by atoms with Crippen LogP contribution in [-0.2, 0) is 11.3 Å². The molecule has 4 heterocycles. The number of nitrogens with zero attached hydrogens (tertiary/aromatic N) is 5. The third kappa shape index (κ3) is 4.53. The van der Waals surface area contributed by atoms with Crippen molar-refractivity contribution in [2.75, 3.05) is 56.5 Å². The van der Waals surface area contributed by atoms with Gasteiger partial charge in [0, 0.05) is 51.2 Å². The summed E-state index contributed by atoms with van der Waals surface area (Å²) in [6.07, 6.45) is 3.48. The number of hydrogen-bond donors (Lipinski definition) is 1. The first-order chi connectivity index (χ1) is 14.1. The number of aromatic nitrogens is 2. The first-order valence-electron chi connectivity index (χ1n) is 10.6. The maximum absolute atomic E-state index is 11.9. The third-order valence-corrected chi connectivity index (χ3v) is 5.74. The van der Waals surface area contributed by atoms with Gasteiger partial charge < -0.3 is 20.3 Å². The zero-order valence-electron chi connectivity index (χ0n) is 17.1. The maximum Gasteiger partial charge on any atom is 0.409 e. The second-order valence-electron chi connectivity index (χ2n) is 7.76. The van der Waals surface area contributed by atoms with Gasteiger partial charge in [0.25, 0.3) is 0 Å². The van der Waals surface area contributed by atoms with Crippen molar-refractivity contribution < 1.29 is 9.53 Å². The minimum absolute atomic E-state index is 0.214. The summed E-state index contributed by atoms with van der Waals surface area (Å²) in [5.41, 5.74) is 7.86. The van der Waals surface area contributed by atoms with Crippen LogP contribution in [0, 0.1) is 0 Å². The number of carbonyl (C=O) groups excluding carboxylic acids is 1. The van der Waals surface area contributed by atoms with E-state index in [0.717, 1.165) is 43.9 Å². The standard InChI is InChI=1S/C21H30N6O2/c1-2-29-21(28)27-12-10-25(11-13-27)15-16-14-19(26-8-4-3-5-9-26)24-20-17(16)6-7-18(22)23-20/h6-7,14H,2-5,8-13,15H2,1H3,(H2,22,23,24). The molecular formula is C21H30N6O2. The first kappa shape index (κ1) is 19.7. The lowest BCUT2D eigenvalue weighted by Crippen LogP contribution is -2.48. The van der Waals surface area contributed by atoms with E-state index >= 15 is 0 Å². The van der Waals surface area contributed by atoms with E-state index in [0.29, 0.717) is 31.2 Å². The minimum Gasteiger partial charge on any atom is -0.450 e. The Morgan fingerprint density at radius 2 is 1.83 bits per heavy atom. The van der Waals surface area contributed by atoms with Crippen molar-refractivity contribution in [2.45, 2.75) is 32.7 Å². The second-order valence-corrected chi connectivity index (χ2v) is 7.76. The van der Waals surface area contributed by atoms with E-state index in [4.69, 9.17) is 15.5 Å². The molecule has 29 heavy (non-hydrogen) atoms. The Morgan fingerprint density at radius 3 is 2.55 bits per heavy atom. The third-order valence-electron chi connectivity index (χ3n) is 5.74. The van der Waals surface area contributed by atoms with E-state index in [1.54, 1.807) is 4.90 Å². The Labute approximate surface area is 171 Å². The molecule has 8 nitrogen and oxygen atoms in total. The van der Waals surface area contributed by atoms with E-state index in [2.05, 4.69) is 20.9 Å². The average Bonchev–Trinajstić information content (AvgIpc) is 2.74. The molecule has 156 valence electrons. The number of amides is 1. The summed E-state index contributed by atoms with van der Waals surface area (Å²) in [5, 5.41) is 1.05. The van der Waals surface area contributed by atoms with Crippen LogP contribution in [0.25, 0.3) is 11.0 Å². The fourth-order valence-corrected chi connectivity index (χ4v) is 4.13. The molecule has 0 radical (unpaired) electrons. The SMILES string of the molecule is CCOC(=O)N1CCN(Cc2cc(N3CCCCC3)nc3nc(N)ccc23)CC1. The summed E-state index contributed by atoms with van der Waals surface area (Å²) in [4.78, 5) is 27.8. The van der Waals surface area contributed by atoms with Crippen LogP contribution < -0.4 is 10.6 Å². The van der Waals surface area contributed by atoms with Crippen LogP contribution in [-0.4, -0.2) is 71.7 Å². The van der Waals surface area contributed by atoms with Crippen LogP contribution in [0.1, 0.15) is 31.7 Å². The van der Waals surface area contributed by atoms with Crippen molar-refractivity contribution in [1.82, 2.24) is 19.8 Å². The lowest BCUT2D eigenvalue weighted by atomic mass is 10.1. The number of piperazine rings is 1. The highest BCUT2D eigenvalue weighted by Crippen LogP contribution is 2.26. The summed E-state index contributed by atoms with van der Waals surface area (Å²) < 4.78 is 5.12. The molecule has 2 aromatic heterocycles. The second kappa shape index (κ2) is 8.82. The summed E-state index contributed by atoms with van der Waals surface area (Å²) in [6.45, 7) is 8.16. The monoisotopic (exact) mass is 398 g/mol. The quantitative estimate of drug-likeness (QED) is 0.846. The van der Waals surface area contributed by atoms with Gasteiger partial charge in [0.15, 0.2) is 5.65 Å². The number of anilines is 2. The van der Waals surface area contributed by atoms with Crippen molar-refractivity contribution in [3.63, 3.8) is 0 Å². The number of piperidine rings is 1. The van der Waals surface area contributed by atoms with Crippen LogP contribution in [0.3, 0.4) is 0 Å². The van der Waals surface area contributed by atoms with Crippen molar-refractivity contribution in [3.8, 4) is 0 Å². The number of fused-ring (bicyclic) bond motifs is 1. The molecule has 2 aromatic rings. The molecule has 2 fully saturated rings. The number of carbonyl (C=O) groups is 1. The highest BCUT2D eigenvalue weighted by Gasteiger charge is 2.23. The molecule has 2 saturated heterocycles. The summed E-state index contributed by atoms with van der Waals surface area (Å²) in [7, 11) is 0. The molecule has 0 aliphatic carbocycles. The van der Waals surface area contributed by atoms with Crippen molar-refractivity contribution in [2.24, 2.45) is 0 Å². The normalized spacial score (nSPS) is 18.2. The van der Waals surface area contributed by atoms with Crippen LogP contribution in [0.4, 0.5) is 16.4 Å². The molecule has 0 bridgehead atoms. The zero-order chi connectivity index (χ0) is 20.2. The maximum atomic E-state index is 11.9. The predicted octanol–water partition coefficient (Wildman–Crippen LogP) is 2.48. The Kier molecular flexibility index (Phi) is 5.99. The van der Waals surface area contributed by atoms with Crippen molar-refractivity contribution in [3.05, 3.63) is 23.8 Å². The smallest absolute Gasteiger partial charge is 0.409 e. The van der Waals surface area contributed by atoms with Crippen LogP contribution in [0.5, 0.6) is 0 Å². The van der Waals surface area contributed by atoms with Gasteiger partial charge in [0.2, 0.25) is 0 Å². The molecule has 2 aliphatic heterocycles. The van der Waals surface area contributed by atoms with Gasteiger partial charge >= 0.3 is 6.09 Å². The van der Waals surface area contributed by atoms with Gasteiger partial charge in [-0.1, -0.05) is 0 Å². The van der Waals surface area contributed by atoms with Crippen molar-refractivity contribution in [1.29, 1.82) is 0 Å². The molecule has 0 unspecified atom stereocenters.